The summed E-state index contributed by atoms with van der Waals surface area (Å²) in [4.78, 5) is 9.65. The summed E-state index contributed by atoms with van der Waals surface area (Å²) < 4.78 is 8.73. The zero-order valence-electron chi connectivity index (χ0n) is 27.6. The minimum Gasteiger partial charge on any atom is -0.509 e. The van der Waals surface area contributed by atoms with Crippen molar-refractivity contribution in [1.82, 2.24) is 9.55 Å². The van der Waals surface area contributed by atoms with Gasteiger partial charge in [-0.25, -0.2) is 4.98 Å². The summed E-state index contributed by atoms with van der Waals surface area (Å²) in [6.45, 7) is 9.00. The molecule has 0 saturated heterocycles. The van der Waals surface area contributed by atoms with E-state index in [1.165, 1.54) is 54.4 Å². The second-order valence-corrected chi connectivity index (χ2v) is 14.6. The summed E-state index contributed by atoms with van der Waals surface area (Å²) in [5, 5.41) is 2.29. The maximum absolute atomic E-state index is 6.52. The predicted octanol–water partition coefficient (Wildman–Crippen LogP) is 10.5. The third-order valence-corrected chi connectivity index (χ3v) is 10.7. The zero-order valence-corrected chi connectivity index (χ0v) is 29.9. The molecule has 2 bridgehead atoms. The number of para-hydroxylation sites is 3. The molecule has 1 atom stereocenters. The van der Waals surface area contributed by atoms with Gasteiger partial charge < -0.3 is 19.1 Å². The molecule has 3 fully saturated rings. The van der Waals surface area contributed by atoms with Crippen molar-refractivity contribution in [3.8, 4) is 17.3 Å². The Labute approximate surface area is 297 Å². The molecule has 3 heterocycles. The fourth-order valence-electron chi connectivity index (χ4n) is 8.21. The van der Waals surface area contributed by atoms with E-state index >= 15 is 0 Å². The minimum atomic E-state index is 0. The van der Waals surface area contributed by atoms with E-state index in [0.29, 0.717) is 17.5 Å². The van der Waals surface area contributed by atoms with Crippen molar-refractivity contribution in [2.24, 2.45) is 11.8 Å². The van der Waals surface area contributed by atoms with Gasteiger partial charge in [-0.05, 0) is 77.8 Å². The Morgan fingerprint density at radius 2 is 1.56 bits per heavy atom. The molecule has 0 radical (unpaired) electrons. The van der Waals surface area contributed by atoms with E-state index < -0.39 is 0 Å². The number of fused-ring (bicyclic) bond motifs is 7. The van der Waals surface area contributed by atoms with E-state index in [1.54, 1.807) is 0 Å². The molecular formula is C42H39N4OPt-3. The van der Waals surface area contributed by atoms with Gasteiger partial charge in [0.1, 0.15) is 5.82 Å². The van der Waals surface area contributed by atoms with E-state index in [9.17, 15) is 0 Å². The van der Waals surface area contributed by atoms with Crippen LogP contribution in [0.2, 0.25) is 0 Å². The van der Waals surface area contributed by atoms with Crippen molar-refractivity contribution in [2.75, 3.05) is 9.80 Å². The van der Waals surface area contributed by atoms with Crippen molar-refractivity contribution < 1.29 is 25.8 Å². The maximum Gasteiger partial charge on any atom is 0.135 e. The average Bonchev–Trinajstić information content (AvgIpc) is 3.65. The smallest absolute Gasteiger partial charge is 0.135 e. The summed E-state index contributed by atoms with van der Waals surface area (Å²) in [5.74, 6) is 3.83. The van der Waals surface area contributed by atoms with E-state index in [-0.39, 0.29) is 26.5 Å². The number of rotatable bonds is 5. The van der Waals surface area contributed by atoms with Gasteiger partial charge in [0.25, 0.3) is 0 Å². The Balaban J connectivity index is 0.00000336. The van der Waals surface area contributed by atoms with Crippen LogP contribution in [0.1, 0.15) is 58.4 Å². The number of benzene rings is 4. The minimum absolute atomic E-state index is 0. The van der Waals surface area contributed by atoms with Gasteiger partial charge >= 0.3 is 0 Å². The van der Waals surface area contributed by atoms with Crippen LogP contribution in [0.15, 0.2) is 97.2 Å². The zero-order chi connectivity index (χ0) is 31.7. The molecule has 5 nitrogen and oxygen atoms in total. The molecule has 4 aromatic carbocycles. The Morgan fingerprint density at radius 1 is 0.792 bits per heavy atom. The van der Waals surface area contributed by atoms with E-state index in [1.807, 2.05) is 18.3 Å². The Hall–Kier alpha value is -4.08. The first-order valence-electron chi connectivity index (χ1n) is 17.0. The Kier molecular flexibility index (Phi) is 7.87. The number of hydrogen-bond acceptors (Lipinski definition) is 4. The second kappa shape index (κ2) is 12.1. The first-order chi connectivity index (χ1) is 22.9. The molecule has 10 rings (SSSR count). The van der Waals surface area contributed by atoms with Crippen LogP contribution in [0.25, 0.3) is 27.6 Å². The molecule has 1 unspecified atom stereocenters. The summed E-state index contributed by atoms with van der Waals surface area (Å²) in [7, 11) is 0. The number of pyridine rings is 1. The Bertz CT molecular complexity index is 2120. The van der Waals surface area contributed by atoms with Gasteiger partial charge in [0.2, 0.25) is 0 Å². The molecule has 4 aliphatic rings. The normalized spacial score (nSPS) is 20.3. The van der Waals surface area contributed by atoms with Crippen LogP contribution in [-0.2, 0) is 26.5 Å². The average molecular weight is 811 g/mol. The number of nitrogens with zero attached hydrogens (tertiary/aromatic N) is 4. The first kappa shape index (κ1) is 31.2. The van der Waals surface area contributed by atoms with Crippen LogP contribution < -0.4 is 14.5 Å². The largest absolute Gasteiger partial charge is 0.509 e. The molecule has 0 amide bonds. The number of anilines is 3. The van der Waals surface area contributed by atoms with Gasteiger partial charge in [0.05, 0.1) is 0 Å². The summed E-state index contributed by atoms with van der Waals surface area (Å²) >= 11 is 0. The van der Waals surface area contributed by atoms with Crippen LogP contribution in [0, 0.1) is 30.6 Å². The van der Waals surface area contributed by atoms with Crippen molar-refractivity contribution in [3.63, 3.8) is 0 Å². The summed E-state index contributed by atoms with van der Waals surface area (Å²) in [5.41, 5.74) is 6.75. The quantitative estimate of drug-likeness (QED) is 0.162. The number of ether oxygens (including phenoxy) is 1. The third kappa shape index (κ3) is 5.31. The fourth-order valence-corrected chi connectivity index (χ4v) is 8.21. The number of hydrogen-bond donors (Lipinski definition) is 0. The van der Waals surface area contributed by atoms with Crippen molar-refractivity contribution in [3.05, 3.63) is 122 Å². The van der Waals surface area contributed by atoms with Gasteiger partial charge in [-0.2, -0.15) is 18.8 Å². The van der Waals surface area contributed by atoms with Gasteiger partial charge in [0.15, 0.2) is 0 Å². The molecule has 0 spiro atoms. The topological polar surface area (TPSA) is 33.5 Å². The molecule has 3 saturated carbocycles. The Morgan fingerprint density at radius 3 is 2.35 bits per heavy atom. The first-order valence-corrected chi connectivity index (χ1v) is 17.0. The molecule has 3 aliphatic carbocycles. The van der Waals surface area contributed by atoms with Crippen LogP contribution in [0.5, 0.6) is 11.5 Å². The molecule has 2 aromatic heterocycles. The van der Waals surface area contributed by atoms with Crippen molar-refractivity contribution in [1.29, 1.82) is 0 Å². The van der Waals surface area contributed by atoms with Crippen molar-refractivity contribution in [2.45, 2.75) is 64.3 Å². The molecule has 48 heavy (non-hydrogen) atoms. The number of aromatic nitrogens is 2. The summed E-state index contributed by atoms with van der Waals surface area (Å²) in [6.07, 6.45) is 8.71. The molecular weight excluding hydrogens is 772 g/mol. The van der Waals surface area contributed by atoms with Gasteiger partial charge in [-0.3, -0.25) is 0 Å². The molecule has 6 aromatic rings. The van der Waals surface area contributed by atoms with E-state index in [2.05, 4.69) is 133 Å². The van der Waals surface area contributed by atoms with Gasteiger partial charge in [-0.15, -0.1) is 41.4 Å². The van der Waals surface area contributed by atoms with E-state index in [4.69, 9.17) is 9.72 Å². The van der Waals surface area contributed by atoms with Gasteiger partial charge in [0, 0.05) is 61.7 Å². The second-order valence-electron chi connectivity index (χ2n) is 14.6. The van der Waals surface area contributed by atoms with E-state index in [0.717, 1.165) is 39.8 Å². The molecule has 0 N–H and O–H groups in total. The molecule has 1 aliphatic heterocycles. The maximum atomic E-state index is 6.52. The van der Waals surface area contributed by atoms with Crippen LogP contribution in [-0.4, -0.2) is 15.6 Å². The van der Waals surface area contributed by atoms with Crippen LogP contribution in [0.3, 0.4) is 0 Å². The molecule has 246 valence electrons. The summed E-state index contributed by atoms with van der Waals surface area (Å²) in [6, 6.07) is 39.6. The fraction of sp³-hybridized carbons (Fsp3) is 0.286. The van der Waals surface area contributed by atoms with Gasteiger partial charge in [-0.1, -0.05) is 69.5 Å². The van der Waals surface area contributed by atoms with Crippen molar-refractivity contribution >= 4 is 38.9 Å². The third-order valence-electron chi connectivity index (χ3n) is 10.7. The van der Waals surface area contributed by atoms with Crippen LogP contribution in [0.4, 0.5) is 17.1 Å². The SMILES string of the molecule is CC(C)(C)c1ccnc(-n2c3[c-]c(Oc4[c-]c(N5[CH-]N(C6CC7CCC6CC7)c6ccccc65)ccc4)ccc3c3ccccc32)c1.[Pt]. The van der Waals surface area contributed by atoms with Crippen LogP contribution >= 0.6 is 0 Å². The monoisotopic (exact) mass is 810 g/mol. The molecule has 6 heteroatoms. The standard InChI is InChI=1S/C42H39N4O.Pt/c1-42(2,3)30-21-22-43-41(24-30)46-36-12-5-4-11-34(36)35-20-19-33(26-40(35)46)47-32-10-8-9-31(25-32)44-27-45(38-14-7-6-13-37(38)44)39-23-28-15-17-29(39)18-16-28;/h4-14,19-22,24,27-29,39H,15-18,23H2,1-3H3;/q-3;. The predicted molar refractivity (Wildman–Crippen MR) is 191 cm³/mol.